The van der Waals surface area contributed by atoms with E-state index in [0.717, 1.165) is 49.2 Å². The summed E-state index contributed by atoms with van der Waals surface area (Å²) in [6.07, 6.45) is 4.04. The van der Waals surface area contributed by atoms with Crippen molar-refractivity contribution in [2.45, 2.75) is 81.5 Å². The van der Waals surface area contributed by atoms with Crippen LogP contribution in [0.2, 0.25) is 0 Å². The van der Waals surface area contributed by atoms with Crippen molar-refractivity contribution in [3.63, 3.8) is 0 Å². The number of amides is 3. The molecule has 1 N–H and O–H groups in total. The first kappa shape index (κ1) is 37.6. The summed E-state index contributed by atoms with van der Waals surface area (Å²) in [5, 5.41) is 2.84. The first-order chi connectivity index (χ1) is 26.0. The van der Waals surface area contributed by atoms with Gasteiger partial charge < -0.3 is 19.9 Å². The van der Waals surface area contributed by atoms with Gasteiger partial charge in [-0.3, -0.25) is 19.4 Å². The lowest BCUT2D eigenvalue weighted by Crippen LogP contribution is -2.78. The second-order valence-corrected chi connectivity index (χ2v) is 15.0. The number of piperidine rings is 2. The van der Waals surface area contributed by atoms with Crippen molar-refractivity contribution in [3.05, 3.63) is 113 Å². The minimum atomic E-state index is -4.54. The minimum absolute atomic E-state index is 0.175. The standard InChI is InChI=1S/C42H48F3N5O4/c1-41(38(51)46-27-31-14-11-17-33(26-31)42(43,44)45,39(52)48-24-20-34(21-25-48)47-22-9-4-10-23-47)49-28-36(35(49)19-18-30-12-5-2-6-13-30)50-37(29-54-40(50)53)32-15-7-3-8-16-32/h2-3,5-8,11-19,26,34-37H,4,9-10,20-25,27-29H2,1H3,(H,46,51)/b19-18+/t35-,36-,37-,41?/m1/s1. The molecule has 4 saturated heterocycles. The van der Waals surface area contributed by atoms with Gasteiger partial charge in [0.05, 0.1) is 23.7 Å². The number of benzene rings is 3. The lowest BCUT2D eigenvalue weighted by molar-refractivity contribution is -0.164. The normalized spacial score (nSPS) is 24.2. The maximum atomic E-state index is 14.9. The fourth-order valence-electron chi connectivity index (χ4n) is 8.56. The van der Waals surface area contributed by atoms with Crippen LogP contribution in [-0.4, -0.2) is 101 Å². The highest BCUT2D eigenvalue weighted by Crippen LogP contribution is 2.41. The highest BCUT2D eigenvalue weighted by atomic mass is 19.4. The Morgan fingerprint density at radius 3 is 2.26 bits per heavy atom. The van der Waals surface area contributed by atoms with Crippen molar-refractivity contribution >= 4 is 24.0 Å². The molecule has 54 heavy (non-hydrogen) atoms. The molecule has 4 atom stereocenters. The van der Waals surface area contributed by atoms with Gasteiger partial charge in [0.1, 0.15) is 6.61 Å². The largest absolute Gasteiger partial charge is 0.447 e. The molecule has 4 fully saturated rings. The number of rotatable bonds is 10. The van der Waals surface area contributed by atoms with Crippen molar-refractivity contribution in [1.82, 2.24) is 24.9 Å². The molecule has 0 spiro atoms. The van der Waals surface area contributed by atoms with E-state index in [9.17, 15) is 27.6 Å². The van der Waals surface area contributed by atoms with Crippen LogP contribution in [0.1, 0.15) is 67.3 Å². The summed E-state index contributed by atoms with van der Waals surface area (Å²) >= 11 is 0. The number of ether oxygens (including phenoxy) is 1. The number of nitrogens with one attached hydrogen (secondary N) is 1. The molecule has 4 aliphatic rings. The predicted molar refractivity (Wildman–Crippen MR) is 199 cm³/mol. The van der Waals surface area contributed by atoms with Gasteiger partial charge >= 0.3 is 12.3 Å². The zero-order chi connectivity index (χ0) is 37.9. The van der Waals surface area contributed by atoms with Crippen molar-refractivity contribution in [2.75, 3.05) is 39.3 Å². The van der Waals surface area contributed by atoms with E-state index >= 15 is 0 Å². The molecule has 9 nitrogen and oxygen atoms in total. The SMILES string of the molecule is CC(C(=O)NCc1cccc(C(F)(F)F)c1)(C(=O)N1CCC(N2CCCCC2)CC1)N1C[C@@H](N2C(=O)OC[C@@H]2c2ccccc2)[C@H]1/C=C/c1ccccc1. The molecule has 286 valence electrons. The number of carbonyl (C=O) groups excluding carboxylic acids is 3. The maximum Gasteiger partial charge on any atom is 0.416 e. The van der Waals surface area contributed by atoms with E-state index in [0.29, 0.717) is 19.1 Å². The van der Waals surface area contributed by atoms with Gasteiger partial charge in [-0.15, -0.1) is 0 Å². The monoisotopic (exact) mass is 743 g/mol. The lowest BCUT2D eigenvalue weighted by Gasteiger charge is -2.57. The zero-order valence-corrected chi connectivity index (χ0v) is 30.6. The van der Waals surface area contributed by atoms with Crippen LogP contribution in [0.15, 0.2) is 91.0 Å². The van der Waals surface area contributed by atoms with E-state index in [4.69, 9.17) is 4.74 Å². The number of halogens is 3. The summed E-state index contributed by atoms with van der Waals surface area (Å²) in [6.45, 7) is 4.89. The smallest absolute Gasteiger partial charge is 0.416 e. The highest BCUT2D eigenvalue weighted by Gasteiger charge is 2.60. The Balaban J connectivity index is 1.20. The van der Waals surface area contributed by atoms with Gasteiger partial charge in [-0.25, -0.2) is 4.79 Å². The van der Waals surface area contributed by atoms with Gasteiger partial charge in [-0.2, -0.15) is 13.2 Å². The fourth-order valence-corrected chi connectivity index (χ4v) is 8.56. The molecule has 0 saturated carbocycles. The Bertz CT molecular complexity index is 1810. The molecule has 3 amide bonds. The summed E-state index contributed by atoms with van der Waals surface area (Å²) in [5.74, 6) is -0.968. The van der Waals surface area contributed by atoms with Gasteiger partial charge in [0.15, 0.2) is 5.54 Å². The minimum Gasteiger partial charge on any atom is -0.447 e. The Morgan fingerprint density at radius 2 is 1.57 bits per heavy atom. The quantitative estimate of drug-likeness (QED) is 0.239. The third-order valence-corrected chi connectivity index (χ3v) is 11.7. The van der Waals surface area contributed by atoms with E-state index in [1.54, 1.807) is 16.7 Å². The molecule has 0 bridgehead atoms. The van der Waals surface area contributed by atoms with Crippen LogP contribution in [0, 0.1) is 0 Å². The second kappa shape index (κ2) is 16.0. The Labute approximate surface area is 314 Å². The van der Waals surface area contributed by atoms with Crippen LogP contribution in [0.4, 0.5) is 18.0 Å². The van der Waals surface area contributed by atoms with Crippen LogP contribution in [0.25, 0.3) is 6.08 Å². The number of carbonyl (C=O) groups is 3. The van der Waals surface area contributed by atoms with Crippen molar-refractivity contribution in [1.29, 1.82) is 0 Å². The molecule has 4 aliphatic heterocycles. The third-order valence-electron chi connectivity index (χ3n) is 11.7. The summed E-state index contributed by atoms with van der Waals surface area (Å²) < 4.78 is 46.2. The molecule has 3 aromatic rings. The zero-order valence-electron chi connectivity index (χ0n) is 30.6. The van der Waals surface area contributed by atoms with Gasteiger partial charge in [0, 0.05) is 32.2 Å². The molecule has 7 rings (SSSR count). The van der Waals surface area contributed by atoms with E-state index in [2.05, 4.69) is 10.2 Å². The molecule has 0 aromatic heterocycles. The van der Waals surface area contributed by atoms with E-state index in [1.165, 1.54) is 31.4 Å². The van der Waals surface area contributed by atoms with Gasteiger partial charge in [-0.05, 0) is 74.5 Å². The summed E-state index contributed by atoms with van der Waals surface area (Å²) in [7, 11) is 0. The van der Waals surface area contributed by atoms with Gasteiger partial charge in [-0.1, -0.05) is 91.4 Å². The Hall–Kier alpha value is -4.68. The number of hydrogen-bond acceptors (Lipinski definition) is 6. The van der Waals surface area contributed by atoms with E-state index in [-0.39, 0.29) is 37.2 Å². The fraction of sp³-hybridized carbons (Fsp3) is 0.452. The second-order valence-electron chi connectivity index (χ2n) is 15.0. The Kier molecular flexibility index (Phi) is 11.1. The molecule has 0 radical (unpaired) electrons. The van der Waals surface area contributed by atoms with Gasteiger partial charge in [0.2, 0.25) is 5.91 Å². The molecule has 0 aliphatic carbocycles. The molecule has 3 aromatic carbocycles. The molecule has 1 unspecified atom stereocenters. The van der Waals surface area contributed by atoms with Crippen molar-refractivity contribution in [2.24, 2.45) is 0 Å². The number of cyclic esters (lactones) is 1. The molecule has 12 heteroatoms. The number of hydrogen-bond donors (Lipinski definition) is 1. The summed E-state index contributed by atoms with van der Waals surface area (Å²) in [6, 6.07) is 23.1. The Morgan fingerprint density at radius 1 is 0.889 bits per heavy atom. The van der Waals surface area contributed by atoms with Crippen molar-refractivity contribution < 1.29 is 32.3 Å². The van der Waals surface area contributed by atoms with Crippen molar-refractivity contribution in [3.8, 4) is 0 Å². The number of likely N-dealkylation sites (tertiary alicyclic amines) is 3. The molecular formula is C42H48F3N5O4. The molecular weight excluding hydrogens is 695 g/mol. The average Bonchev–Trinajstić information content (AvgIpc) is 3.57. The molecule has 4 heterocycles. The number of alkyl halides is 3. The maximum absolute atomic E-state index is 14.9. The lowest BCUT2D eigenvalue weighted by atomic mass is 9.82. The summed E-state index contributed by atoms with van der Waals surface area (Å²) in [5.41, 5.74) is -0.460. The first-order valence-electron chi connectivity index (χ1n) is 19.0. The topological polar surface area (TPSA) is 85.4 Å². The summed E-state index contributed by atoms with van der Waals surface area (Å²) in [4.78, 5) is 50.8. The average molecular weight is 744 g/mol. The highest BCUT2D eigenvalue weighted by molar-refractivity contribution is 6.09. The first-order valence-corrected chi connectivity index (χ1v) is 19.0. The van der Waals surface area contributed by atoms with Gasteiger partial charge in [0.25, 0.3) is 5.91 Å². The van der Waals surface area contributed by atoms with Crippen LogP contribution >= 0.6 is 0 Å². The van der Waals surface area contributed by atoms with Crippen LogP contribution in [0.5, 0.6) is 0 Å². The van der Waals surface area contributed by atoms with E-state index < -0.39 is 41.4 Å². The number of nitrogens with zero attached hydrogens (tertiary/aromatic N) is 4. The predicted octanol–water partition coefficient (Wildman–Crippen LogP) is 6.52. The van der Waals surface area contributed by atoms with Crippen LogP contribution < -0.4 is 5.32 Å². The third kappa shape index (κ3) is 7.77. The van der Waals surface area contributed by atoms with E-state index in [1.807, 2.05) is 77.7 Å². The van der Waals surface area contributed by atoms with Crippen LogP contribution in [0.3, 0.4) is 0 Å². The van der Waals surface area contributed by atoms with Crippen LogP contribution in [-0.2, 0) is 27.0 Å².